The van der Waals surface area contributed by atoms with Crippen LogP contribution in [0.1, 0.15) is 45.1 Å². The minimum Gasteiger partial charge on any atom is -0.497 e. The monoisotopic (exact) mass is 352 g/mol. The van der Waals surface area contributed by atoms with E-state index in [1.165, 1.54) is 0 Å². The first-order valence-electron chi connectivity index (χ1n) is 8.66. The van der Waals surface area contributed by atoms with Crippen molar-refractivity contribution in [3.63, 3.8) is 0 Å². The molecule has 0 aromatic heterocycles. The van der Waals surface area contributed by atoms with Gasteiger partial charge in [-0.2, -0.15) is 5.26 Å². The Bertz CT molecular complexity index is 849. The number of rotatable bonds is 3. The topological polar surface area (TPSA) is 71.3 Å². The van der Waals surface area contributed by atoms with E-state index in [4.69, 9.17) is 9.47 Å². The molecular formula is C21H24N2O3. The Morgan fingerprint density at radius 2 is 1.77 bits per heavy atom. The average molecular weight is 352 g/mol. The third-order valence-electron chi connectivity index (χ3n) is 5.07. The first-order valence-corrected chi connectivity index (χ1v) is 8.66. The number of Topliss-reactive ketones (excluding diaryl/α,β-unsaturated/α-hetero) is 1. The molecule has 26 heavy (non-hydrogen) atoms. The minimum atomic E-state index is -0.399. The Hall–Kier alpha value is -2.74. The Morgan fingerprint density at radius 3 is 2.31 bits per heavy atom. The molecule has 0 fully saturated rings. The van der Waals surface area contributed by atoms with E-state index in [2.05, 4.69) is 25.2 Å². The van der Waals surface area contributed by atoms with E-state index >= 15 is 0 Å². The van der Waals surface area contributed by atoms with Crippen molar-refractivity contribution in [1.82, 2.24) is 5.32 Å². The number of ketones is 1. The molecule has 1 aromatic carbocycles. The van der Waals surface area contributed by atoms with Gasteiger partial charge in [0.15, 0.2) is 5.78 Å². The van der Waals surface area contributed by atoms with Crippen LogP contribution in [0, 0.1) is 16.7 Å². The number of methoxy groups -OCH3 is 2. The second-order valence-electron chi connectivity index (χ2n) is 7.69. The fourth-order valence-electron chi connectivity index (χ4n) is 3.91. The number of carbonyl (C=O) groups is 1. The van der Waals surface area contributed by atoms with E-state index < -0.39 is 5.92 Å². The zero-order valence-electron chi connectivity index (χ0n) is 15.9. The lowest BCUT2D eigenvalue weighted by Gasteiger charge is -2.38. The molecule has 1 aliphatic carbocycles. The number of nitrogens with one attached hydrogen (secondary N) is 1. The van der Waals surface area contributed by atoms with Gasteiger partial charge in [0.25, 0.3) is 0 Å². The lowest BCUT2D eigenvalue weighted by Crippen LogP contribution is -2.36. The fraction of sp³-hybridized carbons (Fsp3) is 0.429. The molecule has 0 bridgehead atoms. The summed E-state index contributed by atoms with van der Waals surface area (Å²) in [6, 6.07) is 7.84. The van der Waals surface area contributed by atoms with Crippen molar-refractivity contribution < 1.29 is 14.3 Å². The number of ether oxygens (including phenoxy) is 2. The van der Waals surface area contributed by atoms with Crippen LogP contribution < -0.4 is 14.8 Å². The van der Waals surface area contributed by atoms with Gasteiger partial charge in [0.2, 0.25) is 0 Å². The quantitative estimate of drug-likeness (QED) is 0.895. The van der Waals surface area contributed by atoms with Crippen molar-refractivity contribution >= 4 is 5.78 Å². The zero-order valence-corrected chi connectivity index (χ0v) is 15.9. The van der Waals surface area contributed by atoms with Crippen molar-refractivity contribution in [2.75, 3.05) is 14.2 Å². The maximum Gasteiger partial charge on any atom is 0.162 e. The summed E-state index contributed by atoms with van der Waals surface area (Å²) < 4.78 is 10.8. The Morgan fingerprint density at radius 1 is 1.15 bits per heavy atom. The van der Waals surface area contributed by atoms with Crippen LogP contribution in [0.3, 0.4) is 0 Å². The second-order valence-corrected chi connectivity index (χ2v) is 7.69. The molecule has 0 saturated heterocycles. The Labute approximate surface area is 154 Å². The summed E-state index contributed by atoms with van der Waals surface area (Å²) >= 11 is 0. The van der Waals surface area contributed by atoms with Crippen LogP contribution in [-0.4, -0.2) is 20.0 Å². The van der Waals surface area contributed by atoms with Crippen LogP contribution in [-0.2, 0) is 4.79 Å². The maximum absolute atomic E-state index is 13.0. The molecule has 5 nitrogen and oxygen atoms in total. The minimum absolute atomic E-state index is 0.0933. The molecule has 0 unspecified atom stereocenters. The molecule has 5 heteroatoms. The van der Waals surface area contributed by atoms with Gasteiger partial charge in [-0.1, -0.05) is 13.8 Å². The molecule has 0 radical (unpaired) electrons. The van der Waals surface area contributed by atoms with Gasteiger partial charge in [-0.15, -0.1) is 0 Å². The van der Waals surface area contributed by atoms with Crippen LogP contribution in [0.4, 0.5) is 0 Å². The lowest BCUT2D eigenvalue weighted by molar-refractivity contribution is -0.118. The Kier molecular flexibility index (Phi) is 4.53. The van der Waals surface area contributed by atoms with E-state index in [0.717, 1.165) is 23.4 Å². The van der Waals surface area contributed by atoms with Gasteiger partial charge in [-0.25, -0.2) is 0 Å². The molecule has 136 valence electrons. The number of dihydropyridines is 1. The number of carbonyl (C=O) groups excluding carboxylic acids is 1. The highest BCUT2D eigenvalue weighted by Crippen LogP contribution is 2.47. The van der Waals surface area contributed by atoms with Crippen LogP contribution in [0.2, 0.25) is 0 Å². The third-order valence-corrected chi connectivity index (χ3v) is 5.07. The predicted octanol–water partition coefficient (Wildman–Crippen LogP) is 3.83. The Balaban J connectivity index is 2.22. The van der Waals surface area contributed by atoms with Crippen molar-refractivity contribution in [1.29, 1.82) is 5.26 Å². The summed E-state index contributed by atoms with van der Waals surface area (Å²) in [5.41, 5.74) is 3.72. The highest BCUT2D eigenvalue weighted by Gasteiger charge is 2.41. The van der Waals surface area contributed by atoms with Gasteiger partial charge in [0, 0.05) is 29.5 Å². The highest BCUT2D eigenvalue weighted by molar-refractivity contribution is 6.00. The molecule has 0 spiro atoms. The van der Waals surface area contributed by atoms with Gasteiger partial charge in [-0.05, 0) is 36.5 Å². The first kappa shape index (κ1) is 18.1. The molecular weight excluding hydrogens is 328 g/mol. The second kappa shape index (κ2) is 6.53. The molecule has 1 aromatic rings. The summed E-state index contributed by atoms with van der Waals surface area (Å²) in [7, 11) is 3.18. The SMILES string of the molecule is COc1cc(OC)cc([C@H]2C(C#N)=C(C)NC3=C2C(=O)CC(C)(C)C3)c1. The number of nitriles is 1. The van der Waals surface area contributed by atoms with Crippen LogP contribution >= 0.6 is 0 Å². The fourth-order valence-corrected chi connectivity index (χ4v) is 3.91. The number of hydrogen-bond donors (Lipinski definition) is 1. The van der Waals surface area contributed by atoms with Crippen LogP contribution in [0.5, 0.6) is 11.5 Å². The summed E-state index contributed by atoms with van der Waals surface area (Å²) in [6.45, 7) is 6.08. The van der Waals surface area contributed by atoms with Gasteiger partial charge in [-0.3, -0.25) is 4.79 Å². The molecule has 3 rings (SSSR count). The summed E-state index contributed by atoms with van der Waals surface area (Å²) in [5, 5.41) is 13.1. The zero-order chi connectivity index (χ0) is 19.1. The van der Waals surface area contributed by atoms with Crippen LogP contribution in [0.25, 0.3) is 0 Å². The van der Waals surface area contributed by atoms with Crippen molar-refractivity contribution in [2.45, 2.75) is 39.5 Å². The normalized spacial score (nSPS) is 21.7. The third kappa shape index (κ3) is 3.08. The number of benzene rings is 1. The maximum atomic E-state index is 13.0. The van der Waals surface area contributed by atoms with Crippen molar-refractivity contribution in [2.24, 2.45) is 5.41 Å². The van der Waals surface area contributed by atoms with Crippen molar-refractivity contribution in [3.8, 4) is 17.6 Å². The summed E-state index contributed by atoms with van der Waals surface area (Å²) in [5.74, 6) is 0.969. The molecule has 1 aliphatic heterocycles. The lowest BCUT2D eigenvalue weighted by atomic mass is 9.69. The smallest absolute Gasteiger partial charge is 0.162 e. The van der Waals surface area contributed by atoms with Gasteiger partial charge < -0.3 is 14.8 Å². The molecule has 1 heterocycles. The summed E-state index contributed by atoms with van der Waals surface area (Å²) in [6.07, 6.45) is 1.25. The van der Waals surface area contributed by atoms with Gasteiger partial charge in [0.05, 0.1) is 31.8 Å². The van der Waals surface area contributed by atoms with E-state index in [-0.39, 0.29) is 11.2 Å². The largest absolute Gasteiger partial charge is 0.497 e. The molecule has 1 N–H and O–H groups in total. The molecule has 0 saturated carbocycles. The predicted molar refractivity (Wildman–Crippen MR) is 98.8 cm³/mol. The standard InChI is InChI=1S/C21H24N2O3/c1-12-16(11-22)19(13-6-14(25-4)8-15(7-13)26-5)20-17(23-12)9-21(2,3)10-18(20)24/h6-8,19,23H,9-10H2,1-5H3/t19-/m0/s1. The first-order chi connectivity index (χ1) is 12.3. The van der Waals surface area contributed by atoms with Crippen molar-refractivity contribution in [3.05, 3.63) is 46.3 Å². The molecule has 2 aliphatic rings. The molecule has 1 atom stereocenters. The summed E-state index contributed by atoms with van der Waals surface area (Å²) in [4.78, 5) is 13.0. The van der Waals surface area contributed by atoms with E-state index in [0.29, 0.717) is 29.1 Å². The molecule has 0 amide bonds. The average Bonchev–Trinajstić information content (AvgIpc) is 2.58. The van der Waals surface area contributed by atoms with E-state index in [1.54, 1.807) is 20.3 Å². The van der Waals surface area contributed by atoms with Gasteiger partial charge >= 0.3 is 0 Å². The van der Waals surface area contributed by atoms with Crippen LogP contribution in [0.15, 0.2) is 40.7 Å². The number of nitrogens with zero attached hydrogens (tertiary/aromatic N) is 1. The van der Waals surface area contributed by atoms with E-state index in [9.17, 15) is 10.1 Å². The number of hydrogen-bond acceptors (Lipinski definition) is 5. The van der Waals surface area contributed by atoms with Gasteiger partial charge in [0.1, 0.15) is 11.5 Å². The highest BCUT2D eigenvalue weighted by atomic mass is 16.5. The number of allylic oxidation sites excluding steroid dienone is 4. The van der Waals surface area contributed by atoms with E-state index in [1.807, 2.05) is 19.1 Å².